The van der Waals surface area contributed by atoms with Gasteiger partial charge in [0, 0.05) is 23.1 Å². The molecule has 1 aliphatic rings. The van der Waals surface area contributed by atoms with Crippen LogP contribution in [-0.4, -0.2) is 34.2 Å². The van der Waals surface area contributed by atoms with E-state index in [4.69, 9.17) is 0 Å². The number of thiazole rings is 1. The molecular weight excluding hydrogens is 302 g/mol. The standard InChI is InChI=1S/C15H11N3O3S/c19-12(8-18-13(20)6-7-14(18)21)17-15-16-11(9-22-15)10-4-2-1-3-5-10/h1-7,9H,8H2,(H,16,17,19). The maximum atomic E-state index is 11.9. The molecule has 0 saturated heterocycles. The number of amides is 3. The van der Waals surface area contributed by atoms with E-state index < -0.39 is 17.7 Å². The van der Waals surface area contributed by atoms with Crippen molar-refractivity contribution in [2.45, 2.75) is 0 Å². The van der Waals surface area contributed by atoms with Crippen LogP contribution in [0.15, 0.2) is 47.9 Å². The Labute approximate surface area is 130 Å². The smallest absolute Gasteiger partial charge is 0.254 e. The topological polar surface area (TPSA) is 79.4 Å². The number of carbonyl (C=O) groups excluding carboxylic acids is 3. The van der Waals surface area contributed by atoms with Gasteiger partial charge in [0.2, 0.25) is 5.91 Å². The minimum absolute atomic E-state index is 0.315. The van der Waals surface area contributed by atoms with Gasteiger partial charge in [0.05, 0.1) is 5.69 Å². The average molecular weight is 313 g/mol. The van der Waals surface area contributed by atoms with Crippen LogP contribution >= 0.6 is 11.3 Å². The fourth-order valence-electron chi connectivity index (χ4n) is 1.96. The second-order valence-corrected chi connectivity index (χ2v) is 5.41. The lowest BCUT2D eigenvalue weighted by Gasteiger charge is -2.12. The zero-order valence-corrected chi connectivity index (χ0v) is 12.2. The first-order valence-electron chi connectivity index (χ1n) is 6.48. The van der Waals surface area contributed by atoms with Crippen LogP contribution in [-0.2, 0) is 14.4 Å². The molecule has 0 bridgehead atoms. The average Bonchev–Trinajstić information content (AvgIpc) is 3.10. The third-order valence-electron chi connectivity index (χ3n) is 3.02. The molecule has 0 fully saturated rings. The van der Waals surface area contributed by atoms with Crippen molar-refractivity contribution in [2.75, 3.05) is 11.9 Å². The van der Waals surface area contributed by atoms with Gasteiger partial charge < -0.3 is 5.32 Å². The number of rotatable bonds is 4. The monoisotopic (exact) mass is 313 g/mol. The van der Waals surface area contributed by atoms with Crippen molar-refractivity contribution in [2.24, 2.45) is 0 Å². The van der Waals surface area contributed by atoms with Crippen LogP contribution in [0.2, 0.25) is 0 Å². The molecule has 3 rings (SSSR count). The number of carbonyl (C=O) groups is 3. The Kier molecular flexibility index (Phi) is 3.80. The summed E-state index contributed by atoms with van der Waals surface area (Å²) in [5, 5.41) is 4.85. The minimum atomic E-state index is -0.482. The summed E-state index contributed by atoms with van der Waals surface area (Å²) in [6.07, 6.45) is 2.29. The summed E-state index contributed by atoms with van der Waals surface area (Å²) in [6, 6.07) is 9.58. The van der Waals surface area contributed by atoms with Crippen LogP contribution in [0.1, 0.15) is 0 Å². The zero-order valence-electron chi connectivity index (χ0n) is 11.4. The highest BCUT2D eigenvalue weighted by Crippen LogP contribution is 2.24. The predicted octanol–water partition coefficient (Wildman–Crippen LogP) is 1.67. The second kappa shape index (κ2) is 5.90. The largest absolute Gasteiger partial charge is 0.300 e. The third kappa shape index (κ3) is 2.94. The number of benzene rings is 1. The van der Waals surface area contributed by atoms with Crippen molar-refractivity contribution in [3.05, 3.63) is 47.9 Å². The van der Waals surface area contributed by atoms with Crippen molar-refractivity contribution in [1.29, 1.82) is 0 Å². The van der Waals surface area contributed by atoms with E-state index in [-0.39, 0.29) is 6.54 Å². The fourth-order valence-corrected chi connectivity index (χ4v) is 2.70. The molecule has 2 heterocycles. The number of imide groups is 1. The summed E-state index contributed by atoms with van der Waals surface area (Å²) < 4.78 is 0. The lowest BCUT2D eigenvalue weighted by atomic mass is 10.2. The van der Waals surface area contributed by atoms with Crippen LogP contribution in [0.25, 0.3) is 11.3 Å². The molecule has 0 spiro atoms. The SMILES string of the molecule is O=C(CN1C(=O)C=CC1=O)Nc1nc(-c2ccccc2)cs1. The highest BCUT2D eigenvalue weighted by molar-refractivity contribution is 7.14. The Morgan fingerprint density at radius 3 is 2.50 bits per heavy atom. The van der Waals surface area contributed by atoms with E-state index >= 15 is 0 Å². The summed E-state index contributed by atoms with van der Waals surface area (Å²) in [6.45, 7) is -0.315. The highest BCUT2D eigenvalue weighted by atomic mass is 32.1. The number of aromatic nitrogens is 1. The summed E-state index contributed by atoms with van der Waals surface area (Å²) in [5.41, 5.74) is 1.71. The molecule has 7 heteroatoms. The number of hydrogen-bond acceptors (Lipinski definition) is 5. The quantitative estimate of drug-likeness (QED) is 0.871. The van der Waals surface area contributed by atoms with Gasteiger partial charge in [0.25, 0.3) is 11.8 Å². The molecule has 1 aromatic heterocycles. The predicted molar refractivity (Wildman–Crippen MR) is 82.0 cm³/mol. The normalized spacial score (nSPS) is 13.7. The van der Waals surface area contributed by atoms with Gasteiger partial charge in [0.15, 0.2) is 5.13 Å². The van der Waals surface area contributed by atoms with Gasteiger partial charge in [-0.2, -0.15) is 0 Å². The number of anilines is 1. The first-order chi connectivity index (χ1) is 10.6. The second-order valence-electron chi connectivity index (χ2n) is 4.55. The van der Waals surface area contributed by atoms with E-state index in [0.717, 1.165) is 28.3 Å². The van der Waals surface area contributed by atoms with Crippen molar-refractivity contribution in [3.8, 4) is 11.3 Å². The first-order valence-corrected chi connectivity index (χ1v) is 7.36. The van der Waals surface area contributed by atoms with E-state index in [1.807, 2.05) is 35.7 Å². The molecule has 1 N–H and O–H groups in total. The molecule has 2 aromatic rings. The molecule has 0 aliphatic carbocycles. The molecule has 1 aromatic carbocycles. The van der Waals surface area contributed by atoms with E-state index in [2.05, 4.69) is 10.3 Å². The number of nitrogens with zero attached hydrogens (tertiary/aromatic N) is 2. The molecule has 110 valence electrons. The summed E-state index contributed by atoms with van der Waals surface area (Å²) in [5.74, 6) is -1.42. The maximum Gasteiger partial charge on any atom is 0.254 e. The van der Waals surface area contributed by atoms with Crippen molar-refractivity contribution in [3.63, 3.8) is 0 Å². The molecule has 0 radical (unpaired) electrons. The molecule has 3 amide bonds. The molecule has 6 nitrogen and oxygen atoms in total. The summed E-state index contributed by atoms with van der Waals surface area (Å²) in [4.78, 5) is 39.9. The van der Waals surface area contributed by atoms with E-state index in [9.17, 15) is 14.4 Å². The number of nitrogens with one attached hydrogen (secondary N) is 1. The molecule has 0 atom stereocenters. The van der Waals surface area contributed by atoms with Crippen molar-refractivity contribution >= 4 is 34.2 Å². The Balaban J connectivity index is 1.64. The molecule has 0 unspecified atom stereocenters. The lowest BCUT2D eigenvalue weighted by molar-refractivity contribution is -0.139. The van der Waals surface area contributed by atoms with Crippen LogP contribution in [0, 0.1) is 0 Å². The fraction of sp³-hybridized carbons (Fsp3) is 0.0667. The highest BCUT2D eigenvalue weighted by Gasteiger charge is 2.25. The zero-order chi connectivity index (χ0) is 15.5. The maximum absolute atomic E-state index is 11.9. The molecule has 0 saturated carbocycles. The van der Waals surface area contributed by atoms with E-state index in [1.54, 1.807) is 0 Å². The van der Waals surface area contributed by atoms with Crippen molar-refractivity contribution in [1.82, 2.24) is 9.88 Å². The Morgan fingerprint density at radius 1 is 1.14 bits per heavy atom. The summed E-state index contributed by atoms with van der Waals surface area (Å²) in [7, 11) is 0. The Morgan fingerprint density at radius 2 is 1.82 bits per heavy atom. The van der Waals surface area contributed by atoms with Crippen LogP contribution < -0.4 is 5.32 Å². The first kappa shape index (κ1) is 14.2. The van der Waals surface area contributed by atoms with Gasteiger partial charge in [-0.05, 0) is 0 Å². The molecule has 22 heavy (non-hydrogen) atoms. The van der Waals surface area contributed by atoms with E-state index in [0.29, 0.717) is 5.13 Å². The van der Waals surface area contributed by atoms with Crippen LogP contribution in [0.4, 0.5) is 5.13 Å². The summed E-state index contributed by atoms with van der Waals surface area (Å²) >= 11 is 1.29. The van der Waals surface area contributed by atoms with Gasteiger partial charge in [-0.15, -0.1) is 11.3 Å². The van der Waals surface area contributed by atoms with Crippen LogP contribution in [0.5, 0.6) is 0 Å². The van der Waals surface area contributed by atoms with Gasteiger partial charge in [-0.25, -0.2) is 4.98 Å². The lowest BCUT2D eigenvalue weighted by Crippen LogP contribution is -2.37. The van der Waals surface area contributed by atoms with Crippen molar-refractivity contribution < 1.29 is 14.4 Å². The van der Waals surface area contributed by atoms with E-state index in [1.165, 1.54) is 11.3 Å². The molecule has 1 aliphatic heterocycles. The Bertz CT molecular complexity index is 749. The van der Waals surface area contributed by atoms with Crippen LogP contribution in [0.3, 0.4) is 0 Å². The van der Waals surface area contributed by atoms with Gasteiger partial charge >= 0.3 is 0 Å². The number of hydrogen-bond donors (Lipinski definition) is 1. The van der Waals surface area contributed by atoms with Gasteiger partial charge in [-0.3, -0.25) is 19.3 Å². The Hall–Kier alpha value is -2.80. The van der Waals surface area contributed by atoms with Gasteiger partial charge in [-0.1, -0.05) is 30.3 Å². The minimum Gasteiger partial charge on any atom is -0.300 e. The van der Waals surface area contributed by atoms with Gasteiger partial charge in [0.1, 0.15) is 6.54 Å². The third-order valence-corrected chi connectivity index (χ3v) is 3.78. The molecular formula is C15H11N3O3S.